The van der Waals surface area contributed by atoms with Crippen LogP contribution in [-0.4, -0.2) is 31.2 Å². The summed E-state index contributed by atoms with van der Waals surface area (Å²) in [5.41, 5.74) is 1.92. The number of carbonyl (C=O) groups is 1. The molecule has 4 aliphatic rings. The molecule has 0 aromatic carbocycles. The Balaban J connectivity index is 1.68. The summed E-state index contributed by atoms with van der Waals surface area (Å²) in [6, 6.07) is 0. The highest BCUT2D eigenvalue weighted by Crippen LogP contribution is 2.68. The predicted octanol–water partition coefficient (Wildman–Crippen LogP) is 5.72. The van der Waals surface area contributed by atoms with Gasteiger partial charge in [-0.3, -0.25) is 4.79 Å². The maximum absolute atomic E-state index is 12.2. The minimum atomic E-state index is 0.0725. The second kappa shape index (κ2) is 7.54. The van der Waals surface area contributed by atoms with E-state index in [2.05, 4.69) is 27.7 Å². The lowest BCUT2D eigenvalue weighted by Gasteiger charge is -2.60. The van der Waals surface area contributed by atoms with Crippen molar-refractivity contribution in [2.24, 2.45) is 28.6 Å². The van der Waals surface area contributed by atoms with Crippen LogP contribution >= 0.6 is 0 Å². The first-order valence-corrected chi connectivity index (χ1v) is 11.9. The lowest BCUT2D eigenvalue weighted by Crippen LogP contribution is -2.57. The molecule has 0 saturated heterocycles. The van der Waals surface area contributed by atoms with Gasteiger partial charge < -0.3 is 9.47 Å². The quantitative estimate of drug-likeness (QED) is 0.584. The lowest BCUT2D eigenvalue weighted by molar-refractivity contribution is -0.164. The van der Waals surface area contributed by atoms with Crippen LogP contribution in [0.1, 0.15) is 85.5 Å². The zero-order valence-electron chi connectivity index (χ0n) is 18.5. The normalized spacial score (nSPS) is 45.2. The number of fused-ring (bicyclic) bond motifs is 5. The molecule has 4 rings (SSSR count). The molecule has 0 aromatic rings. The smallest absolute Gasteiger partial charge is 0.155 e. The van der Waals surface area contributed by atoms with E-state index < -0.39 is 0 Å². The Bertz CT molecular complexity index is 640. The fourth-order valence-corrected chi connectivity index (χ4v) is 8.20. The fourth-order valence-electron chi connectivity index (χ4n) is 8.20. The first-order valence-electron chi connectivity index (χ1n) is 11.9. The van der Waals surface area contributed by atoms with Crippen molar-refractivity contribution < 1.29 is 14.3 Å². The van der Waals surface area contributed by atoms with Crippen molar-refractivity contribution in [3.8, 4) is 0 Å². The van der Waals surface area contributed by atoms with E-state index in [0.717, 1.165) is 50.9 Å². The Labute approximate surface area is 171 Å². The maximum Gasteiger partial charge on any atom is 0.155 e. The molecule has 158 valence electrons. The van der Waals surface area contributed by atoms with Gasteiger partial charge in [0.1, 0.15) is 0 Å². The molecule has 28 heavy (non-hydrogen) atoms. The van der Waals surface area contributed by atoms with E-state index in [1.165, 1.54) is 37.7 Å². The third-order valence-corrected chi connectivity index (χ3v) is 9.53. The molecule has 0 heterocycles. The van der Waals surface area contributed by atoms with Crippen LogP contribution < -0.4 is 0 Å². The van der Waals surface area contributed by atoms with Gasteiger partial charge in [-0.05, 0) is 94.5 Å². The molecule has 0 aliphatic heterocycles. The van der Waals surface area contributed by atoms with Crippen LogP contribution in [0, 0.1) is 28.6 Å². The zero-order chi connectivity index (χ0) is 20.0. The molecule has 3 fully saturated rings. The summed E-state index contributed by atoms with van der Waals surface area (Å²) in [4.78, 5) is 12.2. The van der Waals surface area contributed by atoms with Gasteiger partial charge in [-0.25, -0.2) is 0 Å². The highest BCUT2D eigenvalue weighted by molar-refractivity contribution is 5.91. The first-order chi connectivity index (χ1) is 13.5. The fraction of sp³-hybridized carbons (Fsp3) is 0.880. The van der Waals surface area contributed by atoms with Gasteiger partial charge in [0.2, 0.25) is 0 Å². The summed E-state index contributed by atoms with van der Waals surface area (Å²) in [5.74, 6) is 2.54. The molecule has 4 aliphatic carbocycles. The molecule has 0 N–H and O–H groups in total. The summed E-state index contributed by atoms with van der Waals surface area (Å²) in [5, 5.41) is 0. The van der Waals surface area contributed by atoms with Gasteiger partial charge in [0.25, 0.3) is 0 Å². The molecule has 0 amide bonds. The third kappa shape index (κ3) is 2.79. The van der Waals surface area contributed by atoms with Crippen LogP contribution in [-0.2, 0) is 14.3 Å². The summed E-state index contributed by atoms with van der Waals surface area (Å²) >= 11 is 0. The highest BCUT2D eigenvalue weighted by Gasteiger charge is 2.64. The van der Waals surface area contributed by atoms with E-state index in [-0.39, 0.29) is 11.0 Å². The molecule has 3 saturated carbocycles. The van der Waals surface area contributed by atoms with E-state index >= 15 is 0 Å². The number of rotatable bonds is 6. The largest absolute Gasteiger partial charge is 0.381 e. The molecule has 0 spiro atoms. The standard InChI is InChI=1S/C25H40O3/c1-5-25(28-7-3)15-12-21-20-9-8-18-16-19(26)10-14-24(18,17-27-6-2)22(20)11-13-23(21,25)4/h16,20-22H,5-15,17H2,1-4H3/t20-,21-,22-,23-,24+,25-/m0/s1. The molecule has 0 radical (unpaired) electrons. The molecule has 0 aromatic heterocycles. The molecule has 0 unspecified atom stereocenters. The van der Waals surface area contributed by atoms with Crippen molar-refractivity contribution in [3.05, 3.63) is 11.6 Å². The zero-order valence-corrected chi connectivity index (χ0v) is 18.5. The Kier molecular flexibility index (Phi) is 5.55. The van der Waals surface area contributed by atoms with Crippen LogP contribution in [0.2, 0.25) is 0 Å². The minimum Gasteiger partial charge on any atom is -0.381 e. The molecular formula is C25H40O3. The minimum absolute atomic E-state index is 0.0725. The van der Waals surface area contributed by atoms with Crippen molar-refractivity contribution >= 4 is 5.78 Å². The summed E-state index contributed by atoms with van der Waals surface area (Å²) < 4.78 is 12.6. The highest BCUT2D eigenvalue weighted by atomic mass is 16.5. The van der Waals surface area contributed by atoms with Gasteiger partial charge in [0, 0.05) is 25.0 Å². The Morgan fingerprint density at radius 1 is 1.00 bits per heavy atom. The maximum atomic E-state index is 12.2. The molecule has 6 atom stereocenters. The molecular weight excluding hydrogens is 348 g/mol. The van der Waals surface area contributed by atoms with Crippen molar-refractivity contribution in [2.45, 2.75) is 91.1 Å². The molecule has 3 nitrogen and oxygen atoms in total. The SMILES string of the molecule is CCOC[C@]12CCC(=O)C=C1CC[C@@H]1[C@@H]2CC[C@@]2(C)[C@H]1CC[C@]2(CC)OCC. The van der Waals surface area contributed by atoms with Gasteiger partial charge >= 0.3 is 0 Å². The predicted molar refractivity (Wildman–Crippen MR) is 112 cm³/mol. The van der Waals surface area contributed by atoms with E-state index in [9.17, 15) is 4.79 Å². The van der Waals surface area contributed by atoms with Gasteiger partial charge in [-0.1, -0.05) is 19.4 Å². The summed E-state index contributed by atoms with van der Waals surface area (Å²) in [7, 11) is 0. The summed E-state index contributed by atoms with van der Waals surface area (Å²) in [6.07, 6.45) is 12.3. The van der Waals surface area contributed by atoms with Crippen LogP contribution in [0.5, 0.6) is 0 Å². The topological polar surface area (TPSA) is 35.5 Å². The Morgan fingerprint density at radius 2 is 1.79 bits per heavy atom. The van der Waals surface area contributed by atoms with Gasteiger partial charge in [0.15, 0.2) is 5.78 Å². The lowest BCUT2D eigenvalue weighted by atomic mass is 9.46. The van der Waals surface area contributed by atoms with Crippen LogP contribution in [0.3, 0.4) is 0 Å². The van der Waals surface area contributed by atoms with Crippen molar-refractivity contribution in [3.63, 3.8) is 0 Å². The number of ketones is 1. The third-order valence-electron chi connectivity index (χ3n) is 9.53. The average molecular weight is 389 g/mol. The van der Waals surface area contributed by atoms with Crippen molar-refractivity contribution in [2.75, 3.05) is 19.8 Å². The van der Waals surface area contributed by atoms with E-state index in [1.54, 1.807) is 0 Å². The van der Waals surface area contributed by atoms with Crippen molar-refractivity contribution in [1.29, 1.82) is 0 Å². The van der Waals surface area contributed by atoms with Crippen LogP contribution in [0.15, 0.2) is 11.6 Å². The van der Waals surface area contributed by atoms with Crippen molar-refractivity contribution in [1.82, 2.24) is 0 Å². The van der Waals surface area contributed by atoms with Gasteiger partial charge in [-0.2, -0.15) is 0 Å². The van der Waals surface area contributed by atoms with Gasteiger partial charge in [0.05, 0.1) is 12.2 Å². The average Bonchev–Trinajstić information content (AvgIpc) is 2.99. The van der Waals surface area contributed by atoms with E-state index in [4.69, 9.17) is 9.47 Å². The molecule has 0 bridgehead atoms. The second-order valence-corrected chi connectivity index (χ2v) is 10.1. The first kappa shape index (κ1) is 20.6. The van der Waals surface area contributed by atoms with Crippen LogP contribution in [0.25, 0.3) is 0 Å². The summed E-state index contributed by atoms with van der Waals surface area (Å²) in [6.45, 7) is 11.6. The number of hydrogen-bond donors (Lipinski definition) is 0. The van der Waals surface area contributed by atoms with E-state index in [1.807, 2.05) is 6.08 Å². The van der Waals surface area contributed by atoms with Crippen LogP contribution in [0.4, 0.5) is 0 Å². The second-order valence-electron chi connectivity index (χ2n) is 10.1. The van der Waals surface area contributed by atoms with E-state index in [0.29, 0.717) is 23.5 Å². The molecule has 3 heteroatoms. The monoisotopic (exact) mass is 388 g/mol. The Hall–Kier alpha value is -0.670. The number of ether oxygens (including phenoxy) is 2. The Morgan fingerprint density at radius 3 is 2.50 bits per heavy atom. The number of hydrogen-bond acceptors (Lipinski definition) is 3. The van der Waals surface area contributed by atoms with Gasteiger partial charge in [-0.15, -0.1) is 0 Å². The number of carbonyl (C=O) groups excluding carboxylic acids is 1.